The van der Waals surface area contributed by atoms with E-state index in [1.54, 1.807) is 22.0 Å². The molecule has 53 heavy (non-hydrogen) atoms. The highest BCUT2D eigenvalue weighted by Crippen LogP contribution is 2.60. The summed E-state index contributed by atoms with van der Waals surface area (Å²) in [6, 6.07) is 17.1. The number of fused-ring (bicyclic) bond motifs is 1. The molecule has 0 radical (unpaired) electrons. The van der Waals surface area contributed by atoms with E-state index >= 15 is 0 Å². The molecule has 2 aromatic carbocycles. The molecule has 3 fully saturated rings. The van der Waals surface area contributed by atoms with Crippen LogP contribution in [0.5, 0.6) is 0 Å². The number of unbranched alkanes of at least 4 members (excludes halogenated alkanes) is 3. The summed E-state index contributed by atoms with van der Waals surface area (Å²) in [6.45, 7) is 8.62. The molecular weight excluding hydrogens is 742 g/mol. The number of likely N-dealkylation sites (tertiary alicyclic amines) is 1. The van der Waals surface area contributed by atoms with Crippen LogP contribution in [0.2, 0.25) is 0 Å². The van der Waals surface area contributed by atoms with Gasteiger partial charge in [0.2, 0.25) is 17.7 Å². The average molecular weight is 795 g/mol. The average Bonchev–Trinajstić information content (AvgIpc) is 3.76. The Morgan fingerprint density at radius 2 is 1.77 bits per heavy atom. The summed E-state index contributed by atoms with van der Waals surface area (Å²) in [4.78, 5) is 60.1. The molecule has 286 valence electrons. The Balaban J connectivity index is 1.49. The maximum atomic E-state index is 14.8. The number of hydrogen-bond acceptors (Lipinski definition) is 8. The van der Waals surface area contributed by atoms with Crippen LogP contribution in [-0.2, 0) is 39.9 Å². The second-order valence-corrected chi connectivity index (χ2v) is 15.2. The van der Waals surface area contributed by atoms with Crippen LogP contribution in [0.15, 0.2) is 86.0 Å². The summed E-state index contributed by atoms with van der Waals surface area (Å²) in [5.74, 6) is -3.43. The van der Waals surface area contributed by atoms with Gasteiger partial charge in [0, 0.05) is 44.6 Å². The number of carbonyl (C=O) groups is 4. The first-order valence-corrected chi connectivity index (χ1v) is 19.4. The smallest absolute Gasteiger partial charge is 0.313 e. The van der Waals surface area contributed by atoms with Crippen molar-refractivity contribution in [1.29, 1.82) is 0 Å². The first-order chi connectivity index (χ1) is 25.7. The molecular formula is C41H52BrN3O8. The number of halogens is 1. The van der Waals surface area contributed by atoms with E-state index in [0.29, 0.717) is 44.3 Å². The number of esters is 1. The number of amides is 3. The van der Waals surface area contributed by atoms with Gasteiger partial charge in [-0.15, -0.1) is 13.2 Å². The van der Waals surface area contributed by atoms with Gasteiger partial charge in [0.1, 0.15) is 17.7 Å². The number of ether oxygens (including phenoxy) is 3. The van der Waals surface area contributed by atoms with Crippen molar-refractivity contribution >= 4 is 39.6 Å². The van der Waals surface area contributed by atoms with Crippen LogP contribution in [0.4, 0.5) is 0 Å². The van der Waals surface area contributed by atoms with Crippen LogP contribution in [-0.4, -0.2) is 101 Å². The standard InChI is InChI=1S/C41H52BrN3O8/c1-4-6-21-32(47)43-31(27-51-3)35(29-19-13-10-14-20-29)52-40(50)33-34-38(48)45(23-15-7-8-16-24-46)37(41(34)25-30(42)36(33)53-41)39(49)44(22-5-2)26-28-17-11-9-12-18-28/h4-5,9-14,17-20,30-31,33-37,46H,1-2,6-8,15-16,21-27H2,3H3,(H,43,47)/t30?,31-,33+,34-,35-,36+,37+,41-/m0/s1. The van der Waals surface area contributed by atoms with Crippen LogP contribution in [0.3, 0.4) is 0 Å². The largest absolute Gasteiger partial charge is 0.455 e. The van der Waals surface area contributed by atoms with Crippen LogP contribution in [0.1, 0.15) is 62.2 Å². The maximum absolute atomic E-state index is 14.8. The SMILES string of the molecule is C=CCCC(=O)N[C@@H](COC)[C@@H](OC(=O)[C@H]1[C@@H]2O[C@@]3(CC2Br)[C@@H]1C(=O)N(CCCCCCO)[C@@H]3C(=O)N(CC=C)Cc1ccccc1)c1ccccc1. The first-order valence-electron chi connectivity index (χ1n) is 18.5. The number of aliphatic hydroxyl groups excluding tert-OH is 1. The van der Waals surface area contributed by atoms with E-state index in [0.717, 1.165) is 18.4 Å². The Labute approximate surface area is 320 Å². The highest BCUT2D eigenvalue weighted by atomic mass is 79.9. The fraction of sp³-hybridized carbons (Fsp3) is 0.512. The Bertz CT molecular complexity index is 1580. The second-order valence-electron chi connectivity index (χ2n) is 14.1. The van der Waals surface area contributed by atoms with Gasteiger partial charge in [0.15, 0.2) is 0 Å². The summed E-state index contributed by atoms with van der Waals surface area (Å²) in [6.07, 6.45) is 5.53. The number of nitrogens with one attached hydrogen (secondary N) is 1. The Kier molecular flexibility index (Phi) is 14.4. The normalized spacial score (nSPS) is 25.4. The van der Waals surface area contributed by atoms with Crippen LogP contribution < -0.4 is 5.32 Å². The summed E-state index contributed by atoms with van der Waals surface area (Å²) >= 11 is 3.76. The van der Waals surface area contributed by atoms with Gasteiger partial charge in [0.05, 0.1) is 30.6 Å². The summed E-state index contributed by atoms with van der Waals surface area (Å²) in [5, 5.41) is 12.3. The molecule has 3 aliphatic heterocycles. The van der Waals surface area contributed by atoms with Crippen LogP contribution >= 0.6 is 15.9 Å². The molecule has 3 aliphatic rings. The van der Waals surface area contributed by atoms with Crippen molar-refractivity contribution in [2.75, 3.05) is 33.4 Å². The Morgan fingerprint density at radius 3 is 2.43 bits per heavy atom. The van der Waals surface area contributed by atoms with Gasteiger partial charge < -0.3 is 34.4 Å². The molecule has 3 amide bonds. The van der Waals surface area contributed by atoms with Crippen molar-refractivity contribution in [2.24, 2.45) is 11.8 Å². The van der Waals surface area contributed by atoms with Gasteiger partial charge in [-0.05, 0) is 36.8 Å². The number of rotatable bonds is 21. The predicted molar refractivity (Wildman–Crippen MR) is 204 cm³/mol. The van der Waals surface area contributed by atoms with Crippen molar-refractivity contribution < 1.29 is 38.5 Å². The Morgan fingerprint density at radius 1 is 1.08 bits per heavy atom. The van der Waals surface area contributed by atoms with Crippen molar-refractivity contribution in [3.05, 3.63) is 97.1 Å². The molecule has 2 aromatic rings. The molecule has 12 heteroatoms. The minimum absolute atomic E-state index is 0.0613. The number of aliphatic hydroxyl groups is 1. The number of hydrogen-bond donors (Lipinski definition) is 2. The molecule has 3 saturated heterocycles. The zero-order valence-electron chi connectivity index (χ0n) is 30.4. The van der Waals surface area contributed by atoms with E-state index in [2.05, 4.69) is 34.4 Å². The topological polar surface area (TPSA) is 135 Å². The van der Waals surface area contributed by atoms with Gasteiger partial charge >= 0.3 is 5.97 Å². The van der Waals surface area contributed by atoms with Gasteiger partial charge in [0.25, 0.3) is 0 Å². The maximum Gasteiger partial charge on any atom is 0.313 e. The molecule has 0 aliphatic carbocycles. The van der Waals surface area contributed by atoms with E-state index in [9.17, 15) is 24.3 Å². The van der Waals surface area contributed by atoms with Crippen LogP contribution in [0.25, 0.3) is 0 Å². The van der Waals surface area contributed by atoms with E-state index in [-0.39, 0.29) is 48.7 Å². The second kappa shape index (κ2) is 19.0. The molecule has 11 nitrogen and oxygen atoms in total. The number of allylic oxidation sites excluding steroid dienone is 1. The number of carbonyl (C=O) groups excluding carboxylic acids is 4. The molecule has 3 heterocycles. The van der Waals surface area contributed by atoms with Crippen LogP contribution in [0, 0.1) is 11.8 Å². The van der Waals surface area contributed by atoms with Gasteiger partial charge in [-0.1, -0.05) is 102 Å². The lowest BCUT2D eigenvalue weighted by Gasteiger charge is -2.37. The van der Waals surface area contributed by atoms with Crippen molar-refractivity contribution in [2.45, 2.75) is 86.2 Å². The Hall–Kier alpha value is -3.84. The molecule has 1 spiro atoms. The highest BCUT2D eigenvalue weighted by Gasteiger charge is 2.77. The monoisotopic (exact) mass is 793 g/mol. The first kappa shape index (κ1) is 40.3. The minimum Gasteiger partial charge on any atom is -0.455 e. The lowest BCUT2D eigenvalue weighted by atomic mass is 9.70. The minimum atomic E-state index is -1.27. The number of benzene rings is 2. The molecule has 1 unspecified atom stereocenters. The number of alkyl halides is 1. The third-order valence-electron chi connectivity index (χ3n) is 10.5. The van der Waals surface area contributed by atoms with E-state index in [1.165, 1.54) is 7.11 Å². The van der Waals surface area contributed by atoms with Crippen molar-refractivity contribution in [1.82, 2.24) is 15.1 Å². The fourth-order valence-corrected chi connectivity index (χ4v) is 9.10. The van der Waals surface area contributed by atoms with E-state index in [4.69, 9.17) is 14.2 Å². The number of nitrogens with zero attached hydrogens (tertiary/aromatic N) is 2. The number of methoxy groups -OCH3 is 1. The van der Waals surface area contributed by atoms with Gasteiger partial charge in [-0.2, -0.15) is 0 Å². The highest BCUT2D eigenvalue weighted by molar-refractivity contribution is 9.09. The quantitative estimate of drug-likeness (QED) is 0.0791. The van der Waals surface area contributed by atoms with Gasteiger partial charge in [-0.3, -0.25) is 19.2 Å². The molecule has 0 aromatic heterocycles. The fourth-order valence-electron chi connectivity index (χ4n) is 8.16. The molecule has 2 bridgehead atoms. The predicted octanol–water partition coefficient (Wildman–Crippen LogP) is 4.88. The zero-order valence-corrected chi connectivity index (χ0v) is 32.0. The third kappa shape index (κ3) is 8.94. The van der Waals surface area contributed by atoms with E-state index in [1.807, 2.05) is 60.7 Å². The lowest BCUT2D eigenvalue weighted by molar-refractivity contribution is -0.163. The summed E-state index contributed by atoms with van der Waals surface area (Å²) in [5.41, 5.74) is 0.310. The summed E-state index contributed by atoms with van der Waals surface area (Å²) < 4.78 is 18.6. The van der Waals surface area contributed by atoms with Crippen molar-refractivity contribution in [3.63, 3.8) is 0 Å². The molecule has 8 atom stereocenters. The molecule has 2 N–H and O–H groups in total. The third-order valence-corrected chi connectivity index (χ3v) is 11.3. The molecule has 0 saturated carbocycles. The summed E-state index contributed by atoms with van der Waals surface area (Å²) in [7, 11) is 1.51. The van der Waals surface area contributed by atoms with Crippen molar-refractivity contribution in [3.8, 4) is 0 Å². The molecule has 5 rings (SSSR count). The zero-order chi connectivity index (χ0) is 38.0. The van der Waals surface area contributed by atoms with Gasteiger partial charge in [-0.25, -0.2) is 0 Å². The lowest BCUT2D eigenvalue weighted by Crippen LogP contribution is -2.56. The van der Waals surface area contributed by atoms with E-state index < -0.39 is 47.7 Å².